The van der Waals surface area contributed by atoms with E-state index in [-0.39, 0.29) is 11.7 Å². The molecule has 0 aliphatic rings. The topological polar surface area (TPSA) is 41.1 Å². The number of halogens is 2. The molecule has 104 valence electrons. The molecule has 0 saturated heterocycles. The van der Waals surface area contributed by atoms with Crippen molar-refractivity contribution in [2.75, 3.05) is 17.7 Å². The van der Waals surface area contributed by atoms with Crippen LogP contribution in [-0.4, -0.2) is 13.0 Å². The molecule has 20 heavy (non-hydrogen) atoms. The summed E-state index contributed by atoms with van der Waals surface area (Å²) < 4.78 is 13.7. The van der Waals surface area contributed by atoms with Crippen molar-refractivity contribution in [3.8, 4) is 0 Å². The van der Waals surface area contributed by atoms with E-state index >= 15 is 0 Å². The van der Waals surface area contributed by atoms with E-state index in [1.54, 1.807) is 32.2 Å². The number of benzene rings is 2. The first kappa shape index (κ1) is 14.5. The van der Waals surface area contributed by atoms with Gasteiger partial charge in [-0.15, -0.1) is 0 Å². The fourth-order valence-corrected chi connectivity index (χ4v) is 2.21. The van der Waals surface area contributed by atoms with E-state index in [4.69, 9.17) is 0 Å². The average Bonchev–Trinajstić information content (AvgIpc) is 2.44. The SMILES string of the molecule is CNc1ccccc1C(=O)Nc1cc(Br)c(F)cc1C. The van der Waals surface area contributed by atoms with E-state index < -0.39 is 0 Å². The highest BCUT2D eigenvalue weighted by molar-refractivity contribution is 9.10. The van der Waals surface area contributed by atoms with Crippen molar-refractivity contribution in [2.45, 2.75) is 6.92 Å². The van der Waals surface area contributed by atoms with Crippen LogP contribution < -0.4 is 10.6 Å². The van der Waals surface area contributed by atoms with Crippen LogP contribution in [0, 0.1) is 12.7 Å². The molecule has 0 fully saturated rings. The van der Waals surface area contributed by atoms with Gasteiger partial charge < -0.3 is 10.6 Å². The molecular formula is C15H14BrFN2O. The summed E-state index contributed by atoms with van der Waals surface area (Å²) >= 11 is 3.12. The molecule has 3 nitrogen and oxygen atoms in total. The summed E-state index contributed by atoms with van der Waals surface area (Å²) in [5.74, 6) is -0.590. The van der Waals surface area contributed by atoms with Crippen molar-refractivity contribution >= 4 is 33.2 Å². The second-order valence-corrected chi connectivity index (χ2v) is 5.19. The van der Waals surface area contributed by atoms with Gasteiger partial charge >= 0.3 is 0 Å². The van der Waals surface area contributed by atoms with Gasteiger partial charge in [0.15, 0.2) is 0 Å². The Morgan fingerprint density at radius 1 is 1.20 bits per heavy atom. The van der Waals surface area contributed by atoms with E-state index in [9.17, 15) is 9.18 Å². The molecule has 0 aromatic heterocycles. The molecule has 0 aliphatic heterocycles. The Balaban J connectivity index is 2.30. The quantitative estimate of drug-likeness (QED) is 0.882. The Kier molecular flexibility index (Phi) is 4.39. The molecule has 0 atom stereocenters. The maximum absolute atomic E-state index is 13.4. The average molecular weight is 337 g/mol. The smallest absolute Gasteiger partial charge is 0.257 e. The van der Waals surface area contributed by atoms with Crippen LogP contribution in [0.4, 0.5) is 15.8 Å². The van der Waals surface area contributed by atoms with Crippen LogP contribution in [0.2, 0.25) is 0 Å². The standard InChI is InChI=1S/C15H14BrFN2O/c1-9-7-12(17)11(16)8-14(9)19-15(20)10-5-3-4-6-13(10)18-2/h3-8,18H,1-2H3,(H,19,20). The van der Waals surface area contributed by atoms with E-state index in [0.29, 0.717) is 21.3 Å². The van der Waals surface area contributed by atoms with Crippen molar-refractivity contribution in [3.63, 3.8) is 0 Å². The van der Waals surface area contributed by atoms with Gasteiger partial charge in [-0.25, -0.2) is 4.39 Å². The van der Waals surface area contributed by atoms with Crippen LogP contribution in [0.3, 0.4) is 0 Å². The summed E-state index contributed by atoms with van der Waals surface area (Å²) in [5.41, 5.74) is 2.52. The highest BCUT2D eigenvalue weighted by atomic mass is 79.9. The number of nitrogens with one attached hydrogen (secondary N) is 2. The minimum absolute atomic E-state index is 0.239. The number of para-hydroxylation sites is 1. The molecule has 1 amide bonds. The zero-order valence-corrected chi connectivity index (χ0v) is 12.7. The number of carbonyl (C=O) groups is 1. The zero-order chi connectivity index (χ0) is 14.7. The molecule has 2 aromatic carbocycles. The van der Waals surface area contributed by atoms with Crippen LogP contribution in [0.1, 0.15) is 15.9 Å². The Hall–Kier alpha value is -1.88. The van der Waals surface area contributed by atoms with Gasteiger partial charge in [-0.05, 0) is 52.7 Å². The highest BCUT2D eigenvalue weighted by Gasteiger charge is 2.12. The molecule has 2 N–H and O–H groups in total. The monoisotopic (exact) mass is 336 g/mol. The number of rotatable bonds is 3. The maximum atomic E-state index is 13.4. The van der Waals surface area contributed by atoms with Gasteiger partial charge in [0.25, 0.3) is 5.91 Å². The summed E-state index contributed by atoms with van der Waals surface area (Å²) in [6.07, 6.45) is 0. The van der Waals surface area contributed by atoms with Gasteiger partial charge in [0, 0.05) is 18.4 Å². The molecule has 0 saturated carbocycles. The van der Waals surface area contributed by atoms with Crippen LogP contribution in [0.15, 0.2) is 40.9 Å². The normalized spacial score (nSPS) is 10.2. The Labute approximate surface area is 125 Å². The molecular weight excluding hydrogens is 323 g/mol. The molecule has 0 unspecified atom stereocenters. The van der Waals surface area contributed by atoms with Crippen molar-refractivity contribution in [1.82, 2.24) is 0 Å². The molecule has 2 aromatic rings. The van der Waals surface area contributed by atoms with Crippen molar-refractivity contribution in [3.05, 3.63) is 57.8 Å². The molecule has 0 spiro atoms. The van der Waals surface area contributed by atoms with Gasteiger partial charge in [0.2, 0.25) is 0 Å². The Morgan fingerprint density at radius 3 is 2.60 bits per heavy atom. The third-order valence-electron chi connectivity index (χ3n) is 2.96. The van der Waals surface area contributed by atoms with Crippen LogP contribution in [-0.2, 0) is 0 Å². The number of aryl methyl sites for hydroxylation is 1. The first-order valence-electron chi connectivity index (χ1n) is 6.06. The number of amides is 1. The molecule has 5 heteroatoms. The summed E-state index contributed by atoms with van der Waals surface area (Å²) in [4.78, 5) is 12.3. The number of anilines is 2. The maximum Gasteiger partial charge on any atom is 0.257 e. The second-order valence-electron chi connectivity index (χ2n) is 4.33. The highest BCUT2D eigenvalue weighted by Crippen LogP contribution is 2.25. The van der Waals surface area contributed by atoms with Crippen LogP contribution in [0.5, 0.6) is 0 Å². The predicted molar refractivity (Wildman–Crippen MR) is 82.8 cm³/mol. The number of carbonyl (C=O) groups excluding carboxylic acids is 1. The fraction of sp³-hybridized carbons (Fsp3) is 0.133. The van der Waals surface area contributed by atoms with Gasteiger partial charge in [-0.3, -0.25) is 4.79 Å². The minimum Gasteiger partial charge on any atom is -0.387 e. The van der Waals surface area contributed by atoms with Crippen molar-refractivity contribution in [2.24, 2.45) is 0 Å². The lowest BCUT2D eigenvalue weighted by Crippen LogP contribution is -2.14. The minimum atomic E-state index is -0.351. The van der Waals surface area contributed by atoms with E-state index in [1.165, 1.54) is 6.07 Å². The summed E-state index contributed by atoms with van der Waals surface area (Å²) in [6.45, 7) is 1.75. The zero-order valence-electron chi connectivity index (χ0n) is 11.1. The number of hydrogen-bond acceptors (Lipinski definition) is 2. The third-order valence-corrected chi connectivity index (χ3v) is 3.56. The van der Waals surface area contributed by atoms with Gasteiger partial charge in [0.1, 0.15) is 5.82 Å². The van der Waals surface area contributed by atoms with Crippen molar-refractivity contribution in [1.29, 1.82) is 0 Å². The number of hydrogen-bond donors (Lipinski definition) is 2. The largest absolute Gasteiger partial charge is 0.387 e. The lowest BCUT2D eigenvalue weighted by molar-refractivity contribution is 0.102. The molecule has 0 radical (unpaired) electrons. The van der Waals surface area contributed by atoms with E-state index in [0.717, 1.165) is 5.69 Å². The molecule has 0 heterocycles. The summed E-state index contributed by atoms with van der Waals surface area (Å²) in [7, 11) is 1.76. The lowest BCUT2D eigenvalue weighted by Gasteiger charge is -2.12. The van der Waals surface area contributed by atoms with Gasteiger partial charge in [0.05, 0.1) is 10.0 Å². The third kappa shape index (κ3) is 2.99. The summed E-state index contributed by atoms with van der Waals surface area (Å²) in [5, 5.41) is 5.76. The molecule has 0 aliphatic carbocycles. The molecule has 0 bridgehead atoms. The first-order valence-corrected chi connectivity index (χ1v) is 6.86. The predicted octanol–water partition coefficient (Wildman–Crippen LogP) is 4.19. The lowest BCUT2D eigenvalue weighted by atomic mass is 10.1. The van der Waals surface area contributed by atoms with Crippen LogP contribution in [0.25, 0.3) is 0 Å². The van der Waals surface area contributed by atoms with Crippen LogP contribution >= 0.6 is 15.9 Å². The molecule has 2 rings (SSSR count). The van der Waals surface area contributed by atoms with E-state index in [1.807, 2.05) is 12.1 Å². The summed E-state index contributed by atoms with van der Waals surface area (Å²) in [6, 6.07) is 10.1. The van der Waals surface area contributed by atoms with Crippen molar-refractivity contribution < 1.29 is 9.18 Å². The van der Waals surface area contributed by atoms with E-state index in [2.05, 4.69) is 26.6 Å². The fourth-order valence-electron chi connectivity index (χ4n) is 1.87. The first-order chi connectivity index (χ1) is 9.52. The second kappa shape index (κ2) is 6.05. The Bertz CT molecular complexity index is 658. The van der Waals surface area contributed by atoms with Gasteiger partial charge in [-0.1, -0.05) is 12.1 Å². The Morgan fingerprint density at radius 2 is 1.90 bits per heavy atom. The van der Waals surface area contributed by atoms with Gasteiger partial charge in [-0.2, -0.15) is 0 Å².